The minimum absolute atomic E-state index is 0.198. The van der Waals surface area contributed by atoms with E-state index in [2.05, 4.69) is 0 Å². The van der Waals surface area contributed by atoms with Crippen molar-refractivity contribution in [1.29, 1.82) is 0 Å². The second-order valence-corrected chi connectivity index (χ2v) is 3.75. The molecule has 1 heterocycles. The molecule has 1 aromatic carbocycles. The van der Waals surface area contributed by atoms with E-state index in [4.69, 9.17) is 9.47 Å². The number of halogens is 1. The van der Waals surface area contributed by atoms with Gasteiger partial charge in [-0.3, -0.25) is 0 Å². The molecule has 0 bridgehead atoms. The Hall–Kier alpha value is -1.09. The third kappa shape index (κ3) is 3.20. The van der Waals surface area contributed by atoms with Crippen LogP contribution in [0.2, 0.25) is 0 Å². The van der Waals surface area contributed by atoms with Gasteiger partial charge in [0.15, 0.2) is 0 Å². The van der Waals surface area contributed by atoms with Crippen LogP contribution in [-0.2, 0) is 4.74 Å². The lowest BCUT2D eigenvalue weighted by Gasteiger charge is -2.22. The molecule has 1 aromatic rings. The molecular weight excluding hydrogens is 195 g/mol. The zero-order valence-electron chi connectivity index (χ0n) is 8.62. The van der Waals surface area contributed by atoms with Gasteiger partial charge in [-0.2, -0.15) is 0 Å². The fourth-order valence-electron chi connectivity index (χ4n) is 1.66. The molecule has 2 nitrogen and oxygen atoms in total. The number of ether oxygens (including phenoxy) is 2. The van der Waals surface area contributed by atoms with Gasteiger partial charge in [0.2, 0.25) is 0 Å². The first-order valence-corrected chi connectivity index (χ1v) is 5.34. The molecule has 0 unspecified atom stereocenters. The Kier molecular flexibility index (Phi) is 3.56. The Morgan fingerprint density at radius 1 is 1.27 bits per heavy atom. The van der Waals surface area contributed by atoms with E-state index in [-0.39, 0.29) is 11.9 Å². The molecule has 1 fully saturated rings. The second-order valence-electron chi connectivity index (χ2n) is 3.75. The van der Waals surface area contributed by atoms with Crippen LogP contribution in [0.25, 0.3) is 0 Å². The van der Waals surface area contributed by atoms with Crippen molar-refractivity contribution < 1.29 is 13.9 Å². The van der Waals surface area contributed by atoms with Gasteiger partial charge in [0.05, 0.1) is 6.10 Å². The zero-order valence-corrected chi connectivity index (χ0v) is 8.62. The average Bonchev–Trinajstić information content (AvgIpc) is 2.30. The van der Waals surface area contributed by atoms with Crippen molar-refractivity contribution in [2.24, 2.45) is 0 Å². The van der Waals surface area contributed by atoms with Crippen LogP contribution in [0.4, 0.5) is 4.39 Å². The van der Waals surface area contributed by atoms with Crippen molar-refractivity contribution in [2.45, 2.75) is 25.4 Å². The molecule has 1 aliphatic heterocycles. The van der Waals surface area contributed by atoms with Gasteiger partial charge in [-0.15, -0.1) is 0 Å². The fourth-order valence-corrected chi connectivity index (χ4v) is 1.66. The van der Waals surface area contributed by atoms with Crippen molar-refractivity contribution >= 4 is 0 Å². The van der Waals surface area contributed by atoms with E-state index in [1.54, 1.807) is 12.1 Å². The molecule has 1 atom stereocenters. The molecule has 1 saturated heterocycles. The molecule has 0 aliphatic carbocycles. The lowest BCUT2D eigenvalue weighted by atomic mass is 10.1. The maximum absolute atomic E-state index is 12.6. The van der Waals surface area contributed by atoms with Crippen molar-refractivity contribution in [2.75, 3.05) is 13.2 Å². The van der Waals surface area contributed by atoms with Crippen LogP contribution >= 0.6 is 0 Å². The minimum Gasteiger partial charge on any atom is -0.491 e. The van der Waals surface area contributed by atoms with Gasteiger partial charge in [0.25, 0.3) is 0 Å². The lowest BCUT2D eigenvalue weighted by Crippen LogP contribution is -2.25. The average molecular weight is 210 g/mol. The molecule has 0 spiro atoms. The monoisotopic (exact) mass is 210 g/mol. The third-order valence-corrected chi connectivity index (χ3v) is 2.52. The highest BCUT2D eigenvalue weighted by molar-refractivity contribution is 5.22. The standard InChI is InChI=1S/C12H15FO2/c13-10-4-6-11(7-5-10)15-9-12-3-1-2-8-14-12/h4-7,12H,1-3,8-9H2/t12-/m0/s1. The van der Waals surface area contributed by atoms with Gasteiger partial charge >= 0.3 is 0 Å². The van der Waals surface area contributed by atoms with Crippen LogP contribution in [-0.4, -0.2) is 19.3 Å². The van der Waals surface area contributed by atoms with Crippen LogP contribution in [0, 0.1) is 5.82 Å². The Balaban J connectivity index is 1.79. The highest BCUT2D eigenvalue weighted by Crippen LogP contribution is 2.16. The lowest BCUT2D eigenvalue weighted by molar-refractivity contribution is -0.0110. The molecule has 1 aliphatic rings. The summed E-state index contributed by atoms with van der Waals surface area (Å²) < 4.78 is 23.6. The molecule has 0 radical (unpaired) electrons. The maximum Gasteiger partial charge on any atom is 0.123 e. The second kappa shape index (κ2) is 5.12. The first kappa shape index (κ1) is 10.4. The molecule has 2 rings (SSSR count). The van der Waals surface area contributed by atoms with E-state index in [0.29, 0.717) is 12.4 Å². The van der Waals surface area contributed by atoms with Crippen LogP contribution in [0.3, 0.4) is 0 Å². The van der Waals surface area contributed by atoms with Crippen LogP contribution in [0.15, 0.2) is 24.3 Å². The fraction of sp³-hybridized carbons (Fsp3) is 0.500. The topological polar surface area (TPSA) is 18.5 Å². The van der Waals surface area contributed by atoms with Gasteiger partial charge in [0, 0.05) is 6.61 Å². The molecule has 0 amide bonds. The predicted octanol–water partition coefficient (Wildman–Crippen LogP) is 2.77. The Bertz CT molecular complexity index is 291. The van der Waals surface area contributed by atoms with Crippen molar-refractivity contribution in [3.63, 3.8) is 0 Å². The summed E-state index contributed by atoms with van der Waals surface area (Å²) in [4.78, 5) is 0. The molecule has 3 heteroatoms. The van der Waals surface area contributed by atoms with E-state index < -0.39 is 0 Å². The van der Waals surface area contributed by atoms with Crippen molar-refractivity contribution in [3.8, 4) is 5.75 Å². The van der Waals surface area contributed by atoms with E-state index in [0.717, 1.165) is 19.4 Å². The molecule has 0 N–H and O–H groups in total. The molecule has 82 valence electrons. The zero-order chi connectivity index (χ0) is 10.5. The number of rotatable bonds is 3. The van der Waals surface area contributed by atoms with E-state index in [9.17, 15) is 4.39 Å². The smallest absolute Gasteiger partial charge is 0.123 e. The number of hydrogen-bond donors (Lipinski definition) is 0. The van der Waals surface area contributed by atoms with Crippen LogP contribution < -0.4 is 4.74 Å². The van der Waals surface area contributed by atoms with Gasteiger partial charge in [-0.05, 0) is 43.5 Å². The highest BCUT2D eigenvalue weighted by atomic mass is 19.1. The summed E-state index contributed by atoms with van der Waals surface area (Å²) in [5.41, 5.74) is 0. The normalized spacial score (nSPS) is 21.3. The van der Waals surface area contributed by atoms with Crippen molar-refractivity contribution in [1.82, 2.24) is 0 Å². The molecule has 0 aromatic heterocycles. The Morgan fingerprint density at radius 3 is 2.73 bits per heavy atom. The van der Waals surface area contributed by atoms with Gasteiger partial charge in [-0.1, -0.05) is 0 Å². The maximum atomic E-state index is 12.6. The third-order valence-electron chi connectivity index (χ3n) is 2.52. The summed E-state index contributed by atoms with van der Waals surface area (Å²) >= 11 is 0. The van der Waals surface area contributed by atoms with Crippen LogP contribution in [0.5, 0.6) is 5.75 Å². The van der Waals surface area contributed by atoms with E-state index in [1.165, 1.54) is 18.6 Å². The summed E-state index contributed by atoms with van der Waals surface area (Å²) in [5, 5.41) is 0. The summed E-state index contributed by atoms with van der Waals surface area (Å²) in [6.07, 6.45) is 3.61. The Labute approximate surface area is 89.0 Å². The van der Waals surface area contributed by atoms with Gasteiger partial charge < -0.3 is 9.47 Å². The van der Waals surface area contributed by atoms with Gasteiger partial charge in [0.1, 0.15) is 18.2 Å². The van der Waals surface area contributed by atoms with Gasteiger partial charge in [-0.25, -0.2) is 4.39 Å². The Morgan fingerprint density at radius 2 is 2.07 bits per heavy atom. The molecule has 15 heavy (non-hydrogen) atoms. The molecule has 0 saturated carbocycles. The van der Waals surface area contributed by atoms with Crippen LogP contribution in [0.1, 0.15) is 19.3 Å². The summed E-state index contributed by atoms with van der Waals surface area (Å²) in [7, 11) is 0. The molecular formula is C12H15FO2. The minimum atomic E-state index is -0.240. The number of hydrogen-bond acceptors (Lipinski definition) is 2. The quantitative estimate of drug-likeness (QED) is 0.763. The summed E-state index contributed by atoms with van der Waals surface area (Å²) in [6, 6.07) is 6.07. The summed E-state index contributed by atoms with van der Waals surface area (Å²) in [5.74, 6) is 0.460. The van der Waals surface area contributed by atoms with Crippen molar-refractivity contribution in [3.05, 3.63) is 30.1 Å². The SMILES string of the molecule is Fc1ccc(OC[C@@H]2CCCCO2)cc1. The largest absolute Gasteiger partial charge is 0.491 e. The predicted molar refractivity (Wildman–Crippen MR) is 55.5 cm³/mol. The first-order chi connectivity index (χ1) is 7.34. The van der Waals surface area contributed by atoms with E-state index >= 15 is 0 Å². The summed E-state index contributed by atoms with van der Waals surface area (Å²) in [6.45, 7) is 1.39. The number of benzene rings is 1. The van der Waals surface area contributed by atoms with E-state index in [1.807, 2.05) is 0 Å². The highest BCUT2D eigenvalue weighted by Gasteiger charge is 2.14. The first-order valence-electron chi connectivity index (χ1n) is 5.34.